The van der Waals surface area contributed by atoms with Gasteiger partial charge < -0.3 is 10.6 Å². The number of carbonyl (C=O) groups is 1. The fourth-order valence-corrected chi connectivity index (χ4v) is 1.43. The van der Waals surface area contributed by atoms with E-state index < -0.39 is 6.04 Å². The molecule has 2 N–H and O–H groups in total. The summed E-state index contributed by atoms with van der Waals surface area (Å²) in [4.78, 5) is 11.6. The van der Waals surface area contributed by atoms with Crippen LogP contribution in [0.2, 0.25) is 0 Å². The summed E-state index contributed by atoms with van der Waals surface area (Å²) in [6.45, 7) is 1.73. The maximum Gasteiger partial charge on any atom is 0.242 e. The van der Waals surface area contributed by atoms with E-state index in [9.17, 15) is 9.18 Å². The molecule has 3 nitrogen and oxygen atoms in total. The highest BCUT2D eigenvalue weighted by Gasteiger charge is 2.25. The topological polar surface area (TPSA) is 41.1 Å². The largest absolute Gasteiger partial charge is 0.372 e. The Morgan fingerprint density at radius 2 is 2.12 bits per heavy atom. The molecule has 1 aliphatic carbocycles. The van der Waals surface area contributed by atoms with E-state index in [0.717, 1.165) is 12.8 Å². The second-order valence-corrected chi connectivity index (χ2v) is 4.13. The molecule has 0 heterocycles. The highest BCUT2D eigenvalue weighted by atomic mass is 19.1. The van der Waals surface area contributed by atoms with Gasteiger partial charge in [0.15, 0.2) is 0 Å². The first-order chi connectivity index (χ1) is 7.66. The summed E-state index contributed by atoms with van der Waals surface area (Å²) in [6, 6.07) is 6.26. The third-order valence-electron chi connectivity index (χ3n) is 2.56. The second kappa shape index (κ2) is 4.51. The molecule has 4 heteroatoms. The SMILES string of the molecule is CC(Nc1ccccc1F)C(=O)NC1CC1. The fourth-order valence-electron chi connectivity index (χ4n) is 1.43. The average Bonchev–Trinajstić information content (AvgIpc) is 3.05. The second-order valence-electron chi connectivity index (χ2n) is 4.13. The summed E-state index contributed by atoms with van der Waals surface area (Å²) >= 11 is 0. The van der Waals surface area contributed by atoms with Crippen molar-refractivity contribution in [2.45, 2.75) is 31.8 Å². The number of hydrogen-bond donors (Lipinski definition) is 2. The molecule has 1 saturated carbocycles. The van der Waals surface area contributed by atoms with Gasteiger partial charge in [-0.1, -0.05) is 12.1 Å². The normalized spacial score (nSPS) is 16.6. The lowest BCUT2D eigenvalue weighted by molar-refractivity contribution is -0.121. The molecule has 0 bridgehead atoms. The first-order valence-corrected chi connectivity index (χ1v) is 5.48. The Kier molecular flexibility index (Phi) is 3.08. The molecule has 1 fully saturated rings. The molecule has 16 heavy (non-hydrogen) atoms. The third-order valence-corrected chi connectivity index (χ3v) is 2.56. The van der Waals surface area contributed by atoms with Gasteiger partial charge in [0, 0.05) is 6.04 Å². The van der Waals surface area contributed by atoms with E-state index in [2.05, 4.69) is 10.6 Å². The van der Waals surface area contributed by atoms with Crippen LogP contribution in [-0.2, 0) is 4.79 Å². The molecule has 1 amide bonds. The van der Waals surface area contributed by atoms with Gasteiger partial charge in [-0.15, -0.1) is 0 Å². The number of hydrogen-bond acceptors (Lipinski definition) is 2. The van der Waals surface area contributed by atoms with Gasteiger partial charge in [-0.2, -0.15) is 0 Å². The Balaban J connectivity index is 1.92. The van der Waals surface area contributed by atoms with E-state index in [4.69, 9.17) is 0 Å². The summed E-state index contributed by atoms with van der Waals surface area (Å²) < 4.78 is 13.3. The van der Waals surface area contributed by atoms with Crippen LogP contribution in [0, 0.1) is 5.82 Å². The number of carbonyl (C=O) groups excluding carboxylic acids is 1. The fraction of sp³-hybridized carbons (Fsp3) is 0.417. The molecular formula is C12H15FN2O. The van der Waals surface area contributed by atoms with Crippen molar-refractivity contribution >= 4 is 11.6 Å². The molecule has 1 atom stereocenters. The van der Waals surface area contributed by atoms with Gasteiger partial charge in [-0.3, -0.25) is 4.79 Å². The van der Waals surface area contributed by atoms with Crippen LogP contribution < -0.4 is 10.6 Å². The number of halogens is 1. The number of para-hydroxylation sites is 1. The van der Waals surface area contributed by atoms with E-state index >= 15 is 0 Å². The van der Waals surface area contributed by atoms with Crippen molar-refractivity contribution in [1.82, 2.24) is 5.32 Å². The van der Waals surface area contributed by atoms with Crippen molar-refractivity contribution in [3.05, 3.63) is 30.1 Å². The Hall–Kier alpha value is -1.58. The summed E-state index contributed by atoms with van der Waals surface area (Å²) in [5, 5.41) is 5.73. The molecule has 1 unspecified atom stereocenters. The maximum atomic E-state index is 13.3. The summed E-state index contributed by atoms with van der Waals surface area (Å²) in [5.41, 5.74) is 0.362. The highest BCUT2D eigenvalue weighted by molar-refractivity contribution is 5.84. The summed E-state index contributed by atoms with van der Waals surface area (Å²) in [6.07, 6.45) is 2.11. The van der Waals surface area contributed by atoms with Crippen LogP contribution >= 0.6 is 0 Å². The molecule has 0 saturated heterocycles. The van der Waals surface area contributed by atoms with Gasteiger partial charge in [-0.05, 0) is 31.9 Å². The molecule has 0 aromatic heterocycles. The Morgan fingerprint density at radius 3 is 2.75 bits per heavy atom. The number of anilines is 1. The lowest BCUT2D eigenvalue weighted by Crippen LogP contribution is -2.38. The molecule has 0 aliphatic heterocycles. The van der Waals surface area contributed by atoms with Crippen LogP contribution in [0.5, 0.6) is 0 Å². The molecule has 1 aliphatic rings. The molecule has 1 aromatic rings. The molecule has 0 spiro atoms. The molecule has 0 radical (unpaired) electrons. The smallest absolute Gasteiger partial charge is 0.242 e. The lowest BCUT2D eigenvalue weighted by atomic mass is 10.2. The Labute approximate surface area is 94.0 Å². The zero-order chi connectivity index (χ0) is 11.5. The van der Waals surface area contributed by atoms with Crippen LogP contribution in [0.3, 0.4) is 0 Å². The minimum absolute atomic E-state index is 0.0780. The predicted octanol–water partition coefficient (Wildman–Crippen LogP) is 1.90. The van der Waals surface area contributed by atoms with E-state index in [-0.39, 0.29) is 11.7 Å². The average molecular weight is 222 g/mol. The molecule has 86 valence electrons. The lowest BCUT2D eigenvalue weighted by Gasteiger charge is -2.15. The number of rotatable bonds is 4. The maximum absolute atomic E-state index is 13.3. The van der Waals surface area contributed by atoms with Crippen LogP contribution in [-0.4, -0.2) is 18.0 Å². The van der Waals surface area contributed by atoms with E-state index in [1.54, 1.807) is 25.1 Å². The standard InChI is InChI=1S/C12H15FN2O/c1-8(12(16)15-9-6-7-9)14-11-5-3-2-4-10(11)13/h2-5,8-9,14H,6-7H2,1H3,(H,15,16). The summed E-state index contributed by atoms with van der Waals surface area (Å²) in [5.74, 6) is -0.417. The first kappa shape index (κ1) is 10.9. The minimum atomic E-state index is -0.419. The van der Waals surface area contributed by atoms with Crippen molar-refractivity contribution in [1.29, 1.82) is 0 Å². The van der Waals surface area contributed by atoms with Crippen molar-refractivity contribution < 1.29 is 9.18 Å². The van der Waals surface area contributed by atoms with E-state index in [1.807, 2.05) is 0 Å². The highest BCUT2D eigenvalue weighted by Crippen LogP contribution is 2.19. The molecular weight excluding hydrogens is 207 g/mol. The molecule has 2 rings (SSSR count). The van der Waals surface area contributed by atoms with E-state index in [1.165, 1.54) is 6.07 Å². The van der Waals surface area contributed by atoms with Gasteiger partial charge in [0.2, 0.25) is 5.91 Å². The van der Waals surface area contributed by atoms with Crippen LogP contribution in [0.1, 0.15) is 19.8 Å². The van der Waals surface area contributed by atoms with Crippen molar-refractivity contribution in [3.8, 4) is 0 Å². The number of benzene rings is 1. The number of nitrogens with one attached hydrogen (secondary N) is 2. The van der Waals surface area contributed by atoms with Crippen LogP contribution in [0.25, 0.3) is 0 Å². The van der Waals surface area contributed by atoms with Gasteiger partial charge in [0.05, 0.1) is 5.69 Å². The van der Waals surface area contributed by atoms with Crippen molar-refractivity contribution in [3.63, 3.8) is 0 Å². The first-order valence-electron chi connectivity index (χ1n) is 5.48. The van der Waals surface area contributed by atoms with Crippen LogP contribution in [0.15, 0.2) is 24.3 Å². The predicted molar refractivity (Wildman–Crippen MR) is 60.6 cm³/mol. The zero-order valence-electron chi connectivity index (χ0n) is 9.16. The summed E-state index contributed by atoms with van der Waals surface area (Å²) in [7, 11) is 0. The van der Waals surface area contributed by atoms with Gasteiger partial charge >= 0.3 is 0 Å². The van der Waals surface area contributed by atoms with Gasteiger partial charge in [0.25, 0.3) is 0 Å². The zero-order valence-corrected chi connectivity index (χ0v) is 9.16. The number of amides is 1. The Morgan fingerprint density at radius 1 is 1.44 bits per heavy atom. The monoisotopic (exact) mass is 222 g/mol. The molecule has 1 aromatic carbocycles. The van der Waals surface area contributed by atoms with Crippen LogP contribution in [0.4, 0.5) is 10.1 Å². The van der Waals surface area contributed by atoms with Gasteiger partial charge in [-0.25, -0.2) is 4.39 Å². The van der Waals surface area contributed by atoms with Crippen molar-refractivity contribution in [2.75, 3.05) is 5.32 Å². The Bertz CT molecular complexity index is 390. The third kappa shape index (κ3) is 2.72. The minimum Gasteiger partial charge on any atom is -0.372 e. The quantitative estimate of drug-likeness (QED) is 0.817. The van der Waals surface area contributed by atoms with Gasteiger partial charge in [0.1, 0.15) is 11.9 Å². The van der Waals surface area contributed by atoms with E-state index in [0.29, 0.717) is 11.7 Å². The van der Waals surface area contributed by atoms with Crippen molar-refractivity contribution in [2.24, 2.45) is 0 Å².